The second-order valence-electron chi connectivity index (χ2n) is 5.78. The highest BCUT2D eigenvalue weighted by Crippen LogP contribution is 2.28. The highest BCUT2D eigenvalue weighted by atomic mass is 16.5. The third-order valence-electron chi connectivity index (χ3n) is 3.38. The standard InChI is InChI=1S/C17H26N2O4/c1-5-12-6-7-14(15(9-12)22-4)23-10-16(20)19-13(17(18)21)8-11(2)3/h6-7,9,11,13H,5,8,10H2,1-4H3,(H2,18,21)(H,19,20). The Hall–Kier alpha value is -2.24. The summed E-state index contributed by atoms with van der Waals surface area (Å²) in [4.78, 5) is 23.3. The molecule has 23 heavy (non-hydrogen) atoms. The number of hydrogen-bond donors (Lipinski definition) is 2. The van der Waals surface area contributed by atoms with E-state index in [1.807, 2.05) is 32.9 Å². The maximum absolute atomic E-state index is 12.0. The van der Waals surface area contributed by atoms with E-state index in [4.69, 9.17) is 15.2 Å². The summed E-state index contributed by atoms with van der Waals surface area (Å²) in [6, 6.07) is 4.87. The molecule has 0 saturated carbocycles. The summed E-state index contributed by atoms with van der Waals surface area (Å²) < 4.78 is 10.7. The minimum absolute atomic E-state index is 0.205. The van der Waals surface area contributed by atoms with Crippen LogP contribution in [0, 0.1) is 5.92 Å². The second-order valence-corrected chi connectivity index (χ2v) is 5.78. The Kier molecular flexibility index (Phi) is 7.38. The quantitative estimate of drug-likeness (QED) is 0.723. The number of amides is 2. The molecule has 0 heterocycles. The van der Waals surface area contributed by atoms with Gasteiger partial charge in [-0.1, -0.05) is 26.8 Å². The molecule has 1 atom stereocenters. The van der Waals surface area contributed by atoms with Crippen LogP contribution in [-0.2, 0) is 16.0 Å². The molecular formula is C17H26N2O4. The number of aryl methyl sites for hydroxylation is 1. The molecule has 0 aliphatic heterocycles. The molecule has 0 spiro atoms. The van der Waals surface area contributed by atoms with Gasteiger partial charge < -0.3 is 20.5 Å². The van der Waals surface area contributed by atoms with Crippen LogP contribution in [0.5, 0.6) is 11.5 Å². The van der Waals surface area contributed by atoms with Gasteiger partial charge in [-0.25, -0.2) is 0 Å². The Morgan fingerprint density at radius 3 is 2.48 bits per heavy atom. The summed E-state index contributed by atoms with van der Waals surface area (Å²) in [6.45, 7) is 5.75. The molecule has 6 heteroatoms. The van der Waals surface area contributed by atoms with Crippen molar-refractivity contribution in [3.8, 4) is 11.5 Å². The van der Waals surface area contributed by atoms with Crippen molar-refractivity contribution in [1.82, 2.24) is 5.32 Å². The van der Waals surface area contributed by atoms with Crippen molar-refractivity contribution in [3.63, 3.8) is 0 Å². The van der Waals surface area contributed by atoms with Crippen molar-refractivity contribution in [2.75, 3.05) is 13.7 Å². The lowest BCUT2D eigenvalue weighted by atomic mass is 10.0. The first-order valence-corrected chi connectivity index (χ1v) is 7.75. The van der Waals surface area contributed by atoms with Crippen LogP contribution in [0.1, 0.15) is 32.8 Å². The van der Waals surface area contributed by atoms with Gasteiger partial charge in [0.1, 0.15) is 6.04 Å². The average Bonchev–Trinajstić information content (AvgIpc) is 2.51. The van der Waals surface area contributed by atoms with Gasteiger partial charge in [0.05, 0.1) is 7.11 Å². The molecule has 0 radical (unpaired) electrons. The molecule has 0 aromatic heterocycles. The summed E-state index contributed by atoms with van der Waals surface area (Å²) in [7, 11) is 1.55. The van der Waals surface area contributed by atoms with Gasteiger partial charge in [-0.15, -0.1) is 0 Å². The Balaban J connectivity index is 2.63. The molecule has 128 valence electrons. The minimum Gasteiger partial charge on any atom is -0.493 e. The summed E-state index contributed by atoms with van der Waals surface area (Å²) in [5.41, 5.74) is 6.42. The van der Waals surface area contributed by atoms with E-state index < -0.39 is 17.9 Å². The number of nitrogens with one attached hydrogen (secondary N) is 1. The zero-order chi connectivity index (χ0) is 17.4. The molecule has 0 aliphatic rings. The van der Waals surface area contributed by atoms with E-state index in [2.05, 4.69) is 5.32 Å². The van der Waals surface area contributed by atoms with Crippen molar-refractivity contribution < 1.29 is 19.1 Å². The van der Waals surface area contributed by atoms with Crippen molar-refractivity contribution >= 4 is 11.8 Å². The number of methoxy groups -OCH3 is 1. The maximum atomic E-state index is 12.0. The lowest BCUT2D eigenvalue weighted by Gasteiger charge is -2.18. The summed E-state index contributed by atoms with van der Waals surface area (Å²) in [5, 5.41) is 2.60. The SMILES string of the molecule is CCc1ccc(OCC(=O)NC(CC(C)C)C(N)=O)c(OC)c1. The molecule has 1 unspecified atom stereocenters. The number of carbonyl (C=O) groups is 2. The molecule has 0 bridgehead atoms. The van der Waals surface area contributed by atoms with E-state index in [0.29, 0.717) is 17.9 Å². The molecule has 6 nitrogen and oxygen atoms in total. The van der Waals surface area contributed by atoms with Crippen LogP contribution in [0.25, 0.3) is 0 Å². The van der Waals surface area contributed by atoms with Crippen molar-refractivity contribution in [3.05, 3.63) is 23.8 Å². The third kappa shape index (κ3) is 6.18. The van der Waals surface area contributed by atoms with Crippen molar-refractivity contribution in [2.24, 2.45) is 11.7 Å². The Morgan fingerprint density at radius 2 is 1.96 bits per heavy atom. The van der Waals surface area contributed by atoms with E-state index in [-0.39, 0.29) is 12.5 Å². The normalized spacial score (nSPS) is 11.9. The minimum atomic E-state index is -0.685. The van der Waals surface area contributed by atoms with Crippen molar-refractivity contribution in [2.45, 2.75) is 39.7 Å². The Morgan fingerprint density at radius 1 is 1.26 bits per heavy atom. The van der Waals surface area contributed by atoms with Gasteiger partial charge in [0.15, 0.2) is 18.1 Å². The molecule has 0 fully saturated rings. The highest BCUT2D eigenvalue weighted by Gasteiger charge is 2.19. The monoisotopic (exact) mass is 322 g/mol. The molecule has 0 aliphatic carbocycles. The van der Waals surface area contributed by atoms with Gasteiger partial charge in [-0.2, -0.15) is 0 Å². The smallest absolute Gasteiger partial charge is 0.258 e. The molecule has 2 amide bonds. The van der Waals surface area contributed by atoms with Crippen LogP contribution >= 0.6 is 0 Å². The summed E-state index contributed by atoms with van der Waals surface area (Å²) in [5.74, 6) is 0.369. The summed E-state index contributed by atoms with van der Waals surface area (Å²) >= 11 is 0. The Bertz CT molecular complexity index is 543. The predicted octanol–water partition coefficient (Wildman–Crippen LogP) is 1.65. The van der Waals surface area contributed by atoms with E-state index in [9.17, 15) is 9.59 Å². The zero-order valence-corrected chi connectivity index (χ0v) is 14.2. The van der Waals surface area contributed by atoms with Gasteiger partial charge in [-0.05, 0) is 36.5 Å². The topological polar surface area (TPSA) is 90.6 Å². The molecule has 1 rings (SSSR count). The lowest BCUT2D eigenvalue weighted by molar-refractivity contribution is -0.128. The molecule has 3 N–H and O–H groups in total. The van der Waals surface area contributed by atoms with E-state index in [0.717, 1.165) is 12.0 Å². The first-order chi connectivity index (χ1) is 10.9. The fourth-order valence-corrected chi connectivity index (χ4v) is 2.15. The Labute approximate surface area is 137 Å². The number of rotatable bonds is 9. The second kappa shape index (κ2) is 9.02. The van der Waals surface area contributed by atoms with Crippen molar-refractivity contribution in [1.29, 1.82) is 0 Å². The van der Waals surface area contributed by atoms with Crippen LogP contribution in [0.4, 0.5) is 0 Å². The first-order valence-electron chi connectivity index (χ1n) is 7.75. The van der Waals surface area contributed by atoms with Gasteiger partial charge in [0.25, 0.3) is 5.91 Å². The predicted molar refractivity (Wildman–Crippen MR) is 88.4 cm³/mol. The van der Waals surface area contributed by atoms with Crippen LogP contribution in [0.3, 0.4) is 0 Å². The molecule has 1 aromatic rings. The van der Waals surface area contributed by atoms with Crippen LogP contribution < -0.4 is 20.5 Å². The number of carbonyl (C=O) groups excluding carboxylic acids is 2. The van der Waals surface area contributed by atoms with E-state index >= 15 is 0 Å². The number of ether oxygens (including phenoxy) is 2. The summed E-state index contributed by atoms with van der Waals surface area (Å²) in [6.07, 6.45) is 1.38. The number of benzene rings is 1. The number of primary amides is 1. The van der Waals surface area contributed by atoms with Gasteiger partial charge >= 0.3 is 0 Å². The van der Waals surface area contributed by atoms with E-state index in [1.165, 1.54) is 0 Å². The van der Waals surface area contributed by atoms with Gasteiger partial charge in [0, 0.05) is 0 Å². The largest absolute Gasteiger partial charge is 0.493 e. The average molecular weight is 322 g/mol. The zero-order valence-electron chi connectivity index (χ0n) is 14.2. The maximum Gasteiger partial charge on any atom is 0.258 e. The van der Waals surface area contributed by atoms with Crippen LogP contribution in [0.15, 0.2) is 18.2 Å². The number of hydrogen-bond acceptors (Lipinski definition) is 4. The number of nitrogens with two attached hydrogens (primary N) is 1. The van der Waals surface area contributed by atoms with Gasteiger partial charge in [-0.3, -0.25) is 9.59 Å². The first kappa shape index (κ1) is 18.8. The van der Waals surface area contributed by atoms with Gasteiger partial charge in [0.2, 0.25) is 5.91 Å². The molecule has 0 saturated heterocycles. The lowest BCUT2D eigenvalue weighted by Crippen LogP contribution is -2.46. The molecule has 1 aromatic carbocycles. The van der Waals surface area contributed by atoms with E-state index in [1.54, 1.807) is 13.2 Å². The van der Waals surface area contributed by atoms with Crippen LogP contribution in [0.2, 0.25) is 0 Å². The fourth-order valence-electron chi connectivity index (χ4n) is 2.15. The molecular weight excluding hydrogens is 296 g/mol. The third-order valence-corrected chi connectivity index (χ3v) is 3.38. The fraction of sp³-hybridized carbons (Fsp3) is 0.529. The van der Waals surface area contributed by atoms with Crippen LogP contribution in [-0.4, -0.2) is 31.6 Å². The highest BCUT2D eigenvalue weighted by molar-refractivity contribution is 5.87.